The molecule has 0 aromatic heterocycles. The van der Waals surface area contributed by atoms with E-state index in [0.29, 0.717) is 5.75 Å². The Hall–Kier alpha value is -2.92. The molecule has 35 heavy (non-hydrogen) atoms. The summed E-state index contributed by atoms with van der Waals surface area (Å²) in [7, 11) is 0. The van der Waals surface area contributed by atoms with Gasteiger partial charge in [-0.1, -0.05) is 60.2 Å². The van der Waals surface area contributed by atoms with Crippen molar-refractivity contribution < 1.29 is 29.3 Å². The summed E-state index contributed by atoms with van der Waals surface area (Å²) in [4.78, 5) is 37.7. The van der Waals surface area contributed by atoms with Crippen LogP contribution in [0.3, 0.4) is 0 Å². The molecule has 2 rings (SSSR count). The molecule has 9 nitrogen and oxygen atoms in total. The van der Waals surface area contributed by atoms with Gasteiger partial charge in [0.2, 0.25) is 11.8 Å². The molecule has 190 valence electrons. The largest absolute Gasteiger partial charge is 0.459 e. The van der Waals surface area contributed by atoms with Crippen LogP contribution >= 0.6 is 11.8 Å². The van der Waals surface area contributed by atoms with Crippen molar-refractivity contribution in [3.8, 4) is 0 Å². The summed E-state index contributed by atoms with van der Waals surface area (Å²) < 4.78 is 5.40. The summed E-state index contributed by atoms with van der Waals surface area (Å²) in [6, 6.07) is 13.5. The number of nitrogens with one attached hydrogen (secondary N) is 2. The van der Waals surface area contributed by atoms with Gasteiger partial charge >= 0.3 is 5.97 Å². The van der Waals surface area contributed by atoms with Crippen LogP contribution in [0.15, 0.2) is 54.6 Å². The van der Waals surface area contributed by atoms with Crippen LogP contribution in [0.5, 0.6) is 0 Å². The van der Waals surface area contributed by atoms with Gasteiger partial charge in [-0.05, 0) is 25.0 Å². The second-order valence-corrected chi connectivity index (χ2v) is 9.20. The highest BCUT2D eigenvalue weighted by molar-refractivity contribution is 7.98. The lowest BCUT2D eigenvalue weighted by Gasteiger charge is -2.23. The smallest absolute Gasteiger partial charge is 0.329 e. The van der Waals surface area contributed by atoms with Crippen molar-refractivity contribution in [1.29, 1.82) is 0 Å². The number of hydrogen-bond acceptors (Lipinski definition) is 8. The van der Waals surface area contributed by atoms with Crippen LogP contribution in [0.2, 0.25) is 0 Å². The fraction of sp³-hybridized carbons (Fsp3) is 0.400. The third-order valence-corrected chi connectivity index (χ3v) is 6.24. The molecule has 0 aliphatic rings. The van der Waals surface area contributed by atoms with E-state index >= 15 is 0 Å². The Morgan fingerprint density at radius 1 is 0.971 bits per heavy atom. The van der Waals surface area contributed by atoms with E-state index in [9.17, 15) is 24.6 Å². The number of esters is 1. The molecule has 0 saturated carbocycles. The monoisotopic (exact) mass is 503 g/mol. The van der Waals surface area contributed by atoms with Gasteiger partial charge in [0.25, 0.3) is 0 Å². The number of aryl methyl sites for hydroxylation is 1. The summed E-state index contributed by atoms with van der Waals surface area (Å²) in [6.07, 6.45) is -1.14. The van der Waals surface area contributed by atoms with Crippen LogP contribution < -0.4 is 16.4 Å². The Morgan fingerprint density at radius 2 is 1.60 bits per heavy atom. The van der Waals surface area contributed by atoms with E-state index in [4.69, 9.17) is 10.5 Å². The molecule has 0 spiro atoms. The van der Waals surface area contributed by atoms with Crippen LogP contribution in [0.25, 0.3) is 0 Å². The number of hydrogen-bond donors (Lipinski definition) is 5. The number of carbonyl (C=O) groups is 3. The van der Waals surface area contributed by atoms with E-state index in [2.05, 4.69) is 10.6 Å². The average molecular weight is 504 g/mol. The molecule has 2 amide bonds. The summed E-state index contributed by atoms with van der Waals surface area (Å²) >= 11 is 1.44. The molecule has 0 unspecified atom stereocenters. The van der Waals surface area contributed by atoms with Crippen molar-refractivity contribution in [3.63, 3.8) is 0 Å². The summed E-state index contributed by atoms with van der Waals surface area (Å²) in [6.45, 7) is 2.66. The highest BCUT2D eigenvalue weighted by Gasteiger charge is 2.29. The van der Waals surface area contributed by atoms with Gasteiger partial charge in [0, 0.05) is 11.5 Å². The van der Waals surface area contributed by atoms with Gasteiger partial charge in [0.05, 0.1) is 12.7 Å². The number of nitrogens with two attached hydrogens (primary N) is 1. The van der Waals surface area contributed by atoms with Crippen LogP contribution in [0.1, 0.15) is 23.6 Å². The first-order valence-corrected chi connectivity index (χ1v) is 12.4. The molecule has 0 aliphatic carbocycles. The molecule has 0 saturated heterocycles. The molecule has 0 radical (unpaired) electrons. The van der Waals surface area contributed by atoms with Crippen LogP contribution in [-0.4, -0.2) is 64.6 Å². The molecule has 0 heterocycles. The van der Waals surface area contributed by atoms with Gasteiger partial charge in [-0.3, -0.25) is 9.59 Å². The molecule has 4 atom stereocenters. The SMILES string of the molecule is Cc1ccc(CSC[C@H](NC(=O)[C@H](CO)NC(=O)[C@@H](N)[C@@H](C)O)C(=O)OCc2ccccc2)cc1. The van der Waals surface area contributed by atoms with E-state index in [1.54, 1.807) is 0 Å². The number of aliphatic hydroxyl groups is 2. The zero-order chi connectivity index (χ0) is 25.8. The Morgan fingerprint density at radius 3 is 2.20 bits per heavy atom. The number of thioether (sulfide) groups is 1. The highest BCUT2D eigenvalue weighted by atomic mass is 32.2. The molecular weight excluding hydrogens is 470 g/mol. The number of benzene rings is 2. The van der Waals surface area contributed by atoms with E-state index in [1.807, 2.05) is 61.5 Å². The van der Waals surface area contributed by atoms with Crippen LogP contribution in [0, 0.1) is 6.92 Å². The molecule has 0 fully saturated rings. The standard InChI is InChI=1S/C25H33N3O6S/c1-16-8-10-19(11-9-16)14-35-15-21(25(33)34-13-18-6-4-3-5-7-18)28-23(31)20(12-29)27-24(32)22(26)17(2)30/h3-11,17,20-22,29-30H,12-15,26H2,1-2H3,(H,27,32)(H,28,31)/t17-,20+,21+,22+/m1/s1. The van der Waals surface area contributed by atoms with Crippen molar-refractivity contribution in [2.45, 2.75) is 50.4 Å². The Kier molecular flexibility index (Phi) is 11.7. The van der Waals surface area contributed by atoms with Crippen molar-refractivity contribution in [2.75, 3.05) is 12.4 Å². The molecule has 0 aliphatic heterocycles. The quantitative estimate of drug-likeness (QED) is 0.250. The molecule has 2 aromatic carbocycles. The Labute approximate surface area is 209 Å². The third-order valence-electron chi connectivity index (χ3n) is 5.14. The zero-order valence-electron chi connectivity index (χ0n) is 19.8. The van der Waals surface area contributed by atoms with Gasteiger partial charge in [0.15, 0.2) is 0 Å². The Balaban J connectivity index is 2.03. The first-order chi connectivity index (χ1) is 16.7. The van der Waals surface area contributed by atoms with Gasteiger partial charge < -0.3 is 31.3 Å². The van der Waals surface area contributed by atoms with Crippen LogP contribution in [0.4, 0.5) is 0 Å². The molecular formula is C25H33N3O6S. The maximum absolute atomic E-state index is 12.8. The zero-order valence-corrected chi connectivity index (χ0v) is 20.7. The van der Waals surface area contributed by atoms with Crippen molar-refractivity contribution in [1.82, 2.24) is 10.6 Å². The second kappa shape index (κ2) is 14.5. The fourth-order valence-electron chi connectivity index (χ4n) is 2.93. The summed E-state index contributed by atoms with van der Waals surface area (Å²) in [5, 5.41) is 23.9. The number of amides is 2. The minimum Gasteiger partial charge on any atom is -0.459 e. The van der Waals surface area contributed by atoms with Crippen molar-refractivity contribution in [2.24, 2.45) is 5.73 Å². The lowest BCUT2D eigenvalue weighted by Crippen LogP contribution is -2.57. The van der Waals surface area contributed by atoms with Gasteiger partial charge in [-0.2, -0.15) is 11.8 Å². The predicted molar refractivity (Wildman–Crippen MR) is 134 cm³/mol. The predicted octanol–water partition coefficient (Wildman–Crippen LogP) is 0.642. The van der Waals surface area contributed by atoms with E-state index in [-0.39, 0.29) is 12.4 Å². The van der Waals surface area contributed by atoms with Gasteiger partial charge in [0.1, 0.15) is 24.7 Å². The van der Waals surface area contributed by atoms with Gasteiger partial charge in [-0.25, -0.2) is 4.79 Å². The topological polar surface area (TPSA) is 151 Å². The number of carbonyl (C=O) groups excluding carboxylic acids is 3. The molecule has 10 heteroatoms. The fourth-order valence-corrected chi connectivity index (χ4v) is 3.93. The second-order valence-electron chi connectivity index (χ2n) is 8.17. The lowest BCUT2D eigenvalue weighted by atomic mass is 10.1. The summed E-state index contributed by atoms with van der Waals surface area (Å²) in [5.74, 6) is -1.38. The lowest BCUT2D eigenvalue weighted by molar-refractivity contribution is -0.148. The average Bonchev–Trinajstić information content (AvgIpc) is 2.86. The minimum atomic E-state index is -1.35. The minimum absolute atomic E-state index is 0.0398. The van der Waals surface area contributed by atoms with E-state index in [1.165, 1.54) is 18.7 Å². The van der Waals surface area contributed by atoms with Crippen molar-refractivity contribution >= 4 is 29.5 Å². The maximum atomic E-state index is 12.8. The number of aliphatic hydroxyl groups excluding tert-OH is 2. The first-order valence-electron chi connectivity index (χ1n) is 11.2. The molecule has 6 N–H and O–H groups in total. The van der Waals surface area contributed by atoms with Gasteiger partial charge in [-0.15, -0.1) is 0 Å². The highest BCUT2D eigenvalue weighted by Crippen LogP contribution is 2.15. The number of ether oxygens (including phenoxy) is 1. The maximum Gasteiger partial charge on any atom is 0.329 e. The summed E-state index contributed by atoms with van der Waals surface area (Å²) in [5.41, 5.74) is 8.59. The Bertz CT molecular complexity index is 955. The molecule has 0 bridgehead atoms. The van der Waals surface area contributed by atoms with E-state index in [0.717, 1.165) is 16.7 Å². The molecule has 2 aromatic rings. The van der Waals surface area contributed by atoms with Crippen molar-refractivity contribution in [3.05, 3.63) is 71.3 Å². The first kappa shape index (κ1) is 28.3. The van der Waals surface area contributed by atoms with E-state index < -0.39 is 48.6 Å². The third kappa shape index (κ3) is 9.69. The normalized spacial score (nSPS) is 14.3. The van der Waals surface area contributed by atoms with Crippen LogP contribution in [-0.2, 0) is 31.5 Å². The number of rotatable bonds is 13.